The Hall–Kier alpha value is -1.90. The third-order valence-electron chi connectivity index (χ3n) is 3.79. The van der Waals surface area contributed by atoms with Crippen LogP contribution in [-0.4, -0.2) is 9.97 Å². The van der Waals surface area contributed by atoms with E-state index in [1.54, 1.807) is 0 Å². The van der Waals surface area contributed by atoms with Gasteiger partial charge in [0.25, 0.3) is 0 Å². The molecule has 2 nitrogen and oxygen atoms in total. The maximum absolute atomic E-state index is 6.00. The molecule has 1 aromatic heterocycles. The van der Waals surface area contributed by atoms with Crippen molar-refractivity contribution in [2.24, 2.45) is 0 Å². The van der Waals surface area contributed by atoms with Gasteiger partial charge < -0.3 is 0 Å². The summed E-state index contributed by atoms with van der Waals surface area (Å²) in [5.74, 6) is 0.710. The number of nitrogens with zero attached hydrogens (tertiary/aromatic N) is 2. The molecular formula is C19H16Cl2N2. The zero-order chi connectivity index (χ0) is 16.4. The van der Waals surface area contributed by atoms with Crippen LogP contribution >= 0.6 is 23.2 Å². The molecule has 0 aliphatic heterocycles. The quantitative estimate of drug-likeness (QED) is 0.584. The Morgan fingerprint density at radius 2 is 1.30 bits per heavy atom. The molecule has 1 heterocycles. The first kappa shape index (κ1) is 16.0. The van der Waals surface area contributed by atoms with Crippen LogP contribution in [0.15, 0.2) is 48.5 Å². The van der Waals surface area contributed by atoms with Gasteiger partial charge in [0.1, 0.15) is 0 Å². The van der Waals surface area contributed by atoms with E-state index in [1.165, 1.54) is 0 Å². The minimum Gasteiger partial charge on any atom is -0.233 e. The Morgan fingerprint density at radius 1 is 0.783 bits per heavy atom. The van der Waals surface area contributed by atoms with E-state index >= 15 is 0 Å². The monoisotopic (exact) mass is 342 g/mol. The Kier molecular flexibility index (Phi) is 4.65. The molecule has 116 valence electrons. The Balaban J connectivity index is 2.17. The van der Waals surface area contributed by atoms with Gasteiger partial charge in [-0.2, -0.15) is 0 Å². The molecule has 0 saturated carbocycles. The van der Waals surface area contributed by atoms with E-state index in [0.717, 1.165) is 39.5 Å². The van der Waals surface area contributed by atoms with Crippen LogP contribution in [0.4, 0.5) is 0 Å². The van der Waals surface area contributed by atoms with Crippen molar-refractivity contribution in [2.75, 3.05) is 0 Å². The molecule has 0 radical (unpaired) electrons. The highest BCUT2D eigenvalue weighted by Gasteiger charge is 2.13. The molecule has 0 aliphatic rings. The van der Waals surface area contributed by atoms with E-state index < -0.39 is 0 Å². The van der Waals surface area contributed by atoms with Gasteiger partial charge in [-0.3, -0.25) is 0 Å². The fourth-order valence-electron chi connectivity index (χ4n) is 2.59. The SMILES string of the molecule is CCc1c(C)nc(-c2ccc(Cl)cc2)nc1-c1ccc(Cl)cc1. The number of hydrogen-bond acceptors (Lipinski definition) is 2. The maximum atomic E-state index is 6.00. The van der Waals surface area contributed by atoms with Crippen LogP contribution in [0.3, 0.4) is 0 Å². The summed E-state index contributed by atoms with van der Waals surface area (Å²) in [6.45, 7) is 4.15. The summed E-state index contributed by atoms with van der Waals surface area (Å²) in [7, 11) is 0. The average molecular weight is 343 g/mol. The number of aryl methyl sites for hydroxylation is 1. The van der Waals surface area contributed by atoms with Crippen molar-refractivity contribution in [3.05, 3.63) is 69.8 Å². The van der Waals surface area contributed by atoms with Crippen molar-refractivity contribution < 1.29 is 0 Å². The zero-order valence-electron chi connectivity index (χ0n) is 13.0. The van der Waals surface area contributed by atoms with Crippen LogP contribution in [0.5, 0.6) is 0 Å². The average Bonchev–Trinajstić information content (AvgIpc) is 2.55. The molecule has 3 rings (SSSR count). The van der Waals surface area contributed by atoms with Crippen molar-refractivity contribution >= 4 is 23.2 Å². The first-order valence-corrected chi connectivity index (χ1v) is 8.23. The molecule has 23 heavy (non-hydrogen) atoms. The first-order valence-electron chi connectivity index (χ1n) is 7.48. The van der Waals surface area contributed by atoms with Crippen molar-refractivity contribution in [1.82, 2.24) is 9.97 Å². The highest BCUT2D eigenvalue weighted by Crippen LogP contribution is 2.28. The summed E-state index contributed by atoms with van der Waals surface area (Å²) in [5.41, 5.74) is 5.12. The van der Waals surface area contributed by atoms with Gasteiger partial charge in [-0.15, -0.1) is 0 Å². The summed E-state index contributed by atoms with van der Waals surface area (Å²) in [5, 5.41) is 1.42. The van der Waals surface area contributed by atoms with Gasteiger partial charge in [-0.25, -0.2) is 9.97 Å². The molecular weight excluding hydrogens is 327 g/mol. The van der Waals surface area contributed by atoms with Crippen molar-refractivity contribution in [1.29, 1.82) is 0 Å². The summed E-state index contributed by atoms with van der Waals surface area (Å²) >= 11 is 12.0. The van der Waals surface area contributed by atoms with Crippen LogP contribution in [0.2, 0.25) is 10.0 Å². The second-order valence-electron chi connectivity index (χ2n) is 5.33. The van der Waals surface area contributed by atoms with Crippen molar-refractivity contribution in [3.63, 3.8) is 0 Å². The highest BCUT2D eigenvalue weighted by molar-refractivity contribution is 6.30. The molecule has 0 bridgehead atoms. The zero-order valence-corrected chi connectivity index (χ0v) is 14.5. The van der Waals surface area contributed by atoms with Crippen LogP contribution in [0.1, 0.15) is 18.2 Å². The molecule has 0 saturated heterocycles. The Labute approximate surface area is 146 Å². The Bertz CT molecular complexity index is 825. The number of benzene rings is 2. The largest absolute Gasteiger partial charge is 0.233 e. The van der Waals surface area contributed by atoms with Gasteiger partial charge in [0.2, 0.25) is 0 Å². The van der Waals surface area contributed by atoms with E-state index in [1.807, 2.05) is 55.5 Å². The van der Waals surface area contributed by atoms with Gasteiger partial charge >= 0.3 is 0 Å². The predicted molar refractivity (Wildman–Crippen MR) is 97.0 cm³/mol. The summed E-state index contributed by atoms with van der Waals surface area (Å²) in [4.78, 5) is 9.47. The highest BCUT2D eigenvalue weighted by atomic mass is 35.5. The molecule has 0 fully saturated rings. The molecule has 0 amide bonds. The standard InChI is InChI=1S/C19H16Cl2N2/c1-3-17-12(2)22-19(14-6-10-16(21)11-7-14)23-18(17)13-4-8-15(20)9-5-13/h4-11H,3H2,1-2H3. The van der Waals surface area contributed by atoms with Crippen molar-refractivity contribution in [2.45, 2.75) is 20.3 Å². The van der Waals surface area contributed by atoms with Crippen LogP contribution in [0, 0.1) is 6.92 Å². The van der Waals surface area contributed by atoms with E-state index in [2.05, 4.69) is 11.9 Å². The van der Waals surface area contributed by atoms with Gasteiger partial charge in [0, 0.05) is 26.9 Å². The second kappa shape index (κ2) is 6.69. The lowest BCUT2D eigenvalue weighted by molar-refractivity contribution is 1.01. The number of hydrogen-bond donors (Lipinski definition) is 0. The van der Waals surface area contributed by atoms with Crippen LogP contribution in [-0.2, 0) is 6.42 Å². The lowest BCUT2D eigenvalue weighted by Gasteiger charge is -2.13. The second-order valence-corrected chi connectivity index (χ2v) is 6.20. The topological polar surface area (TPSA) is 25.8 Å². The summed E-state index contributed by atoms with van der Waals surface area (Å²) in [6, 6.07) is 15.3. The smallest absolute Gasteiger partial charge is 0.160 e. The fraction of sp³-hybridized carbons (Fsp3) is 0.158. The molecule has 2 aromatic carbocycles. The minimum atomic E-state index is 0.702. The molecule has 4 heteroatoms. The summed E-state index contributed by atoms with van der Waals surface area (Å²) < 4.78 is 0. The summed E-state index contributed by atoms with van der Waals surface area (Å²) in [6.07, 6.45) is 0.880. The number of rotatable bonds is 3. The van der Waals surface area contributed by atoms with E-state index in [-0.39, 0.29) is 0 Å². The minimum absolute atomic E-state index is 0.702. The third kappa shape index (κ3) is 3.39. The number of aromatic nitrogens is 2. The van der Waals surface area contributed by atoms with Gasteiger partial charge in [0.05, 0.1) is 5.69 Å². The molecule has 0 atom stereocenters. The van der Waals surface area contributed by atoms with Crippen LogP contribution in [0.25, 0.3) is 22.6 Å². The van der Waals surface area contributed by atoms with E-state index in [4.69, 9.17) is 28.2 Å². The van der Waals surface area contributed by atoms with Gasteiger partial charge in [0.15, 0.2) is 5.82 Å². The van der Waals surface area contributed by atoms with Gasteiger partial charge in [-0.05, 0) is 55.3 Å². The molecule has 0 spiro atoms. The molecule has 0 N–H and O–H groups in total. The molecule has 0 aliphatic carbocycles. The predicted octanol–water partition coefficient (Wildman–Crippen LogP) is 5.99. The lowest BCUT2D eigenvalue weighted by Crippen LogP contribution is -2.02. The van der Waals surface area contributed by atoms with Crippen LogP contribution < -0.4 is 0 Å². The fourth-order valence-corrected chi connectivity index (χ4v) is 2.85. The van der Waals surface area contributed by atoms with E-state index in [9.17, 15) is 0 Å². The number of halogens is 2. The van der Waals surface area contributed by atoms with Gasteiger partial charge in [-0.1, -0.05) is 42.3 Å². The molecule has 0 unspecified atom stereocenters. The third-order valence-corrected chi connectivity index (χ3v) is 4.29. The normalized spacial score (nSPS) is 10.8. The van der Waals surface area contributed by atoms with E-state index in [0.29, 0.717) is 10.8 Å². The maximum Gasteiger partial charge on any atom is 0.160 e. The Morgan fingerprint density at radius 3 is 1.83 bits per heavy atom. The molecule has 3 aromatic rings. The van der Waals surface area contributed by atoms with Crippen molar-refractivity contribution in [3.8, 4) is 22.6 Å². The first-order chi connectivity index (χ1) is 11.1. The lowest BCUT2D eigenvalue weighted by atomic mass is 10.0.